The fraction of sp³-hybridized carbons (Fsp3) is 1.00. The van der Waals surface area contributed by atoms with Crippen molar-refractivity contribution in [3.8, 4) is 0 Å². The molecule has 2 saturated carbocycles. The standard InChI is InChI=1S/C17H32N2/c1-14-12-18-17(16-7-3-2-4-8-16)13-19(14)11-5-6-15-9-10-15/h14-18H,2-13H2,1H3. The van der Waals surface area contributed by atoms with Crippen LogP contribution in [-0.2, 0) is 0 Å². The van der Waals surface area contributed by atoms with Gasteiger partial charge in [-0.2, -0.15) is 0 Å². The van der Waals surface area contributed by atoms with Crippen molar-refractivity contribution in [1.29, 1.82) is 0 Å². The van der Waals surface area contributed by atoms with Crippen molar-refractivity contribution in [2.45, 2.75) is 76.8 Å². The zero-order chi connectivity index (χ0) is 13.1. The summed E-state index contributed by atoms with van der Waals surface area (Å²) in [5.74, 6) is 2.07. The van der Waals surface area contributed by atoms with E-state index in [9.17, 15) is 0 Å². The first-order chi connectivity index (χ1) is 9.33. The summed E-state index contributed by atoms with van der Waals surface area (Å²) < 4.78 is 0. The number of nitrogens with one attached hydrogen (secondary N) is 1. The van der Waals surface area contributed by atoms with Gasteiger partial charge in [-0.05, 0) is 51.0 Å². The van der Waals surface area contributed by atoms with Crippen molar-refractivity contribution in [3.05, 3.63) is 0 Å². The van der Waals surface area contributed by atoms with Crippen LogP contribution in [0.25, 0.3) is 0 Å². The Hall–Kier alpha value is -0.0800. The Morgan fingerprint density at radius 3 is 2.58 bits per heavy atom. The highest BCUT2D eigenvalue weighted by Crippen LogP contribution is 2.34. The lowest BCUT2D eigenvalue weighted by molar-refractivity contribution is 0.102. The van der Waals surface area contributed by atoms with E-state index >= 15 is 0 Å². The Bertz CT molecular complexity index is 268. The second kappa shape index (κ2) is 6.58. The van der Waals surface area contributed by atoms with Crippen LogP contribution < -0.4 is 5.32 Å². The van der Waals surface area contributed by atoms with Gasteiger partial charge in [0.2, 0.25) is 0 Å². The van der Waals surface area contributed by atoms with Gasteiger partial charge in [0.05, 0.1) is 0 Å². The molecule has 19 heavy (non-hydrogen) atoms. The Morgan fingerprint density at radius 1 is 1.05 bits per heavy atom. The number of rotatable bonds is 5. The van der Waals surface area contributed by atoms with Gasteiger partial charge in [0.15, 0.2) is 0 Å². The number of piperazine rings is 1. The van der Waals surface area contributed by atoms with Gasteiger partial charge in [0, 0.05) is 25.2 Å². The lowest BCUT2D eigenvalue weighted by Gasteiger charge is -2.43. The minimum atomic E-state index is 0.749. The molecule has 2 heteroatoms. The van der Waals surface area contributed by atoms with Crippen LogP contribution in [0.5, 0.6) is 0 Å². The largest absolute Gasteiger partial charge is 0.311 e. The fourth-order valence-corrected chi connectivity index (χ4v) is 4.10. The maximum atomic E-state index is 3.84. The van der Waals surface area contributed by atoms with Gasteiger partial charge in [-0.25, -0.2) is 0 Å². The summed E-state index contributed by atoms with van der Waals surface area (Å²) in [5.41, 5.74) is 0. The lowest BCUT2D eigenvalue weighted by Crippen LogP contribution is -2.58. The van der Waals surface area contributed by atoms with Crippen LogP contribution in [0, 0.1) is 11.8 Å². The molecule has 2 nitrogen and oxygen atoms in total. The molecule has 2 unspecified atom stereocenters. The molecule has 0 aromatic rings. The second-order valence-corrected chi connectivity index (χ2v) is 7.34. The molecule has 3 aliphatic rings. The van der Waals surface area contributed by atoms with E-state index in [1.165, 1.54) is 77.4 Å². The highest BCUT2D eigenvalue weighted by Gasteiger charge is 2.31. The Balaban J connectivity index is 1.44. The predicted molar refractivity (Wildman–Crippen MR) is 81.4 cm³/mol. The van der Waals surface area contributed by atoms with E-state index in [-0.39, 0.29) is 0 Å². The van der Waals surface area contributed by atoms with Crippen molar-refractivity contribution in [2.24, 2.45) is 11.8 Å². The molecule has 0 bridgehead atoms. The first-order valence-corrected chi connectivity index (χ1v) is 8.80. The second-order valence-electron chi connectivity index (χ2n) is 7.34. The van der Waals surface area contributed by atoms with Crippen molar-refractivity contribution in [1.82, 2.24) is 10.2 Å². The summed E-state index contributed by atoms with van der Waals surface area (Å²) >= 11 is 0. The SMILES string of the molecule is CC1CNC(C2CCCCC2)CN1CCCC1CC1. The first kappa shape index (κ1) is 13.9. The molecule has 1 aliphatic heterocycles. The van der Waals surface area contributed by atoms with E-state index in [2.05, 4.69) is 17.1 Å². The molecule has 0 spiro atoms. The quantitative estimate of drug-likeness (QED) is 0.818. The number of nitrogens with zero attached hydrogens (tertiary/aromatic N) is 1. The average molecular weight is 264 g/mol. The van der Waals surface area contributed by atoms with Crippen LogP contribution in [0.1, 0.15) is 64.7 Å². The minimum Gasteiger partial charge on any atom is -0.311 e. The van der Waals surface area contributed by atoms with E-state index in [1.807, 2.05) is 0 Å². The van der Waals surface area contributed by atoms with Gasteiger partial charge in [-0.1, -0.05) is 32.1 Å². The predicted octanol–water partition coefficient (Wildman–Crippen LogP) is 3.42. The topological polar surface area (TPSA) is 15.3 Å². The molecule has 0 amide bonds. The molecule has 0 aromatic carbocycles. The van der Waals surface area contributed by atoms with Gasteiger partial charge in [0.1, 0.15) is 0 Å². The van der Waals surface area contributed by atoms with Crippen LogP contribution in [-0.4, -0.2) is 36.6 Å². The monoisotopic (exact) mass is 264 g/mol. The summed E-state index contributed by atoms with van der Waals surface area (Å²) in [7, 11) is 0. The van der Waals surface area contributed by atoms with Crippen LogP contribution in [0.15, 0.2) is 0 Å². The third kappa shape index (κ3) is 3.95. The van der Waals surface area contributed by atoms with Crippen molar-refractivity contribution in [3.63, 3.8) is 0 Å². The summed E-state index contributed by atoms with van der Waals surface area (Å²) in [4.78, 5) is 2.78. The first-order valence-electron chi connectivity index (χ1n) is 8.80. The fourth-order valence-electron chi connectivity index (χ4n) is 4.10. The van der Waals surface area contributed by atoms with Crippen molar-refractivity contribution in [2.75, 3.05) is 19.6 Å². The highest BCUT2D eigenvalue weighted by atomic mass is 15.2. The number of hydrogen-bond donors (Lipinski definition) is 1. The molecule has 2 aliphatic carbocycles. The van der Waals surface area contributed by atoms with E-state index < -0.39 is 0 Å². The van der Waals surface area contributed by atoms with E-state index in [4.69, 9.17) is 0 Å². The average Bonchev–Trinajstić information content (AvgIpc) is 3.26. The van der Waals surface area contributed by atoms with E-state index in [1.54, 1.807) is 0 Å². The normalized spacial score (nSPS) is 34.6. The third-order valence-corrected chi connectivity index (χ3v) is 5.70. The van der Waals surface area contributed by atoms with Crippen LogP contribution in [0.2, 0.25) is 0 Å². The Labute approximate surface area is 119 Å². The van der Waals surface area contributed by atoms with E-state index in [0.29, 0.717) is 0 Å². The molecule has 1 heterocycles. The molecule has 3 rings (SSSR count). The highest BCUT2D eigenvalue weighted by molar-refractivity contribution is 4.89. The molecule has 1 saturated heterocycles. The van der Waals surface area contributed by atoms with Crippen molar-refractivity contribution >= 4 is 0 Å². The van der Waals surface area contributed by atoms with E-state index in [0.717, 1.165) is 23.9 Å². The van der Waals surface area contributed by atoms with Gasteiger partial charge in [-0.15, -0.1) is 0 Å². The molecular formula is C17H32N2. The maximum absolute atomic E-state index is 3.84. The van der Waals surface area contributed by atoms with Gasteiger partial charge < -0.3 is 5.32 Å². The molecule has 0 aromatic heterocycles. The Kier molecular flexibility index (Phi) is 4.81. The Morgan fingerprint density at radius 2 is 1.84 bits per heavy atom. The molecular weight excluding hydrogens is 232 g/mol. The minimum absolute atomic E-state index is 0.749. The molecule has 3 fully saturated rings. The van der Waals surface area contributed by atoms with Gasteiger partial charge in [-0.3, -0.25) is 4.90 Å². The van der Waals surface area contributed by atoms with Crippen LogP contribution >= 0.6 is 0 Å². The molecule has 110 valence electrons. The van der Waals surface area contributed by atoms with Gasteiger partial charge >= 0.3 is 0 Å². The maximum Gasteiger partial charge on any atom is 0.0224 e. The summed E-state index contributed by atoms with van der Waals surface area (Å²) in [5, 5.41) is 3.84. The summed E-state index contributed by atoms with van der Waals surface area (Å²) in [6, 6.07) is 1.54. The third-order valence-electron chi connectivity index (χ3n) is 5.70. The zero-order valence-corrected chi connectivity index (χ0v) is 12.7. The molecule has 2 atom stereocenters. The number of hydrogen-bond acceptors (Lipinski definition) is 2. The summed E-state index contributed by atoms with van der Waals surface area (Å²) in [6.45, 7) is 6.28. The van der Waals surface area contributed by atoms with Gasteiger partial charge in [0.25, 0.3) is 0 Å². The lowest BCUT2D eigenvalue weighted by atomic mass is 9.82. The molecule has 0 radical (unpaired) electrons. The van der Waals surface area contributed by atoms with Crippen LogP contribution in [0.3, 0.4) is 0 Å². The molecule has 1 N–H and O–H groups in total. The van der Waals surface area contributed by atoms with Crippen molar-refractivity contribution < 1.29 is 0 Å². The smallest absolute Gasteiger partial charge is 0.0224 e. The summed E-state index contributed by atoms with van der Waals surface area (Å²) in [6.07, 6.45) is 13.3. The zero-order valence-electron chi connectivity index (χ0n) is 12.7. The van der Waals surface area contributed by atoms with Crippen LogP contribution in [0.4, 0.5) is 0 Å².